The first kappa shape index (κ1) is 12.8. The highest BCUT2D eigenvalue weighted by atomic mass is 35.5. The Labute approximate surface area is 114 Å². The van der Waals surface area contributed by atoms with Crippen molar-refractivity contribution in [1.82, 2.24) is 4.98 Å². The Morgan fingerprint density at radius 2 is 2.22 bits per heavy atom. The van der Waals surface area contributed by atoms with E-state index in [-0.39, 0.29) is 5.91 Å². The second-order valence-corrected chi connectivity index (χ2v) is 5.26. The molecule has 2 rings (SSSR count). The number of nitrogens with one attached hydrogen (secondary N) is 1. The number of thiazole rings is 1. The Bertz CT molecular complexity index is 592. The van der Waals surface area contributed by atoms with Crippen molar-refractivity contribution < 1.29 is 4.79 Å². The molecule has 1 aromatic heterocycles. The van der Waals surface area contributed by atoms with Gasteiger partial charge in [-0.3, -0.25) is 10.1 Å². The van der Waals surface area contributed by atoms with E-state index in [2.05, 4.69) is 10.3 Å². The lowest BCUT2D eigenvalue weighted by molar-refractivity contribution is -0.111. The van der Waals surface area contributed by atoms with Crippen LogP contribution >= 0.6 is 22.9 Å². The highest BCUT2D eigenvalue weighted by Gasteiger charge is 2.02. The summed E-state index contributed by atoms with van der Waals surface area (Å²) in [6.45, 7) is 1.94. The summed E-state index contributed by atoms with van der Waals surface area (Å²) < 4.78 is 0. The summed E-state index contributed by atoms with van der Waals surface area (Å²) in [5.74, 6) is -0.218. The van der Waals surface area contributed by atoms with Gasteiger partial charge in [0.1, 0.15) is 0 Å². The second-order valence-electron chi connectivity index (χ2n) is 3.62. The summed E-state index contributed by atoms with van der Waals surface area (Å²) in [7, 11) is 0. The second kappa shape index (κ2) is 5.80. The van der Waals surface area contributed by atoms with E-state index in [1.807, 2.05) is 25.1 Å². The van der Waals surface area contributed by atoms with E-state index < -0.39 is 0 Å². The summed E-state index contributed by atoms with van der Waals surface area (Å²) in [5.41, 5.74) is 0.810. The van der Waals surface area contributed by atoms with E-state index in [0.29, 0.717) is 10.2 Å². The third-order valence-corrected chi connectivity index (χ3v) is 3.34. The van der Waals surface area contributed by atoms with Gasteiger partial charge >= 0.3 is 0 Å². The van der Waals surface area contributed by atoms with E-state index in [0.717, 1.165) is 10.4 Å². The minimum absolute atomic E-state index is 0.218. The third-order valence-electron chi connectivity index (χ3n) is 2.17. The topological polar surface area (TPSA) is 42.0 Å². The number of carbonyl (C=O) groups is 1. The van der Waals surface area contributed by atoms with Gasteiger partial charge in [0.15, 0.2) is 5.13 Å². The minimum Gasteiger partial charge on any atom is -0.298 e. The number of nitrogens with zero attached hydrogens (tertiary/aromatic N) is 1. The van der Waals surface area contributed by atoms with Crippen LogP contribution in [0.5, 0.6) is 0 Å². The molecule has 0 saturated carbocycles. The number of rotatable bonds is 3. The molecule has 0 spiro atoms. The van der Waals surface area contributed by atoms with E-state index in [1.165, 1.54) is 17.4 Å². The number of carbonyl (C=O) groups excluding carboxylic acids is 1. The smallest absolute Gasteiger partial charge is 0.250 e. The summed E-state index contributed by atoms with van der Waals surface area (Å²) in [4.78, 5) is 16.7. The van der Waals surface area contributed by atoms with E-state index in [9.17, 15) is 4.79 Å². The van der Waals surface area contributed by atoms with Crippen molar-refractivity contribution in [3.63, 3.8) is 0 Å². The molecule has 1 amide bonds. The van der Waals surface area contributed by atoms with E-state index >= 15 is 0 Å². The number of hydrogen-bond donors (Lipinski definition) is 1. The van der Waals surface area contributed by atoms with Crippen LogP contribution in [0.1, 0.15) is 10.4 Å². The maximum Gasteiger partial charge on any atom is 0.250 e. The van der Waals surface area contributed by atoms with Crippen molar-refractivity contribution in [3.8, 4) is 0 Å². The zero-order valence-corrected chi connectivity index (χ0v) is 11.3. The van der Waals surface area contributed by atoms with Crippen LogP contribution in [0.4, 0.5) is 5.13 Å². The molecule has 3 nitrogen and oxygen atoms in total. The van der Waals surface area contributed by atoms with Crippen LogP contribution < -0.4 is 5.32 Å². The lowest BCUT2D eigenvalue weighted by atomic mass is 10.2. The highest BCUT2D eigenvalue weighted by Crippen LogP contribution is 2.18. The van der Waals surface area contributed by atoms with Crippen molar-refractivity contribution in [3.05, 3.63) is 52.0 Å². The molecule has 1 N–H and O–H groups in total. The third kappa shape index (κ3) is 3.42. The molecule has 18 heavy (non-hydrogen) atoms. The van der Waals surface area contributed by atoms with Crippen LogP contribution in [-0.2, 0) is 4.79 Å². The molecule has 0 atom stereocenters. The first-order chi connectivity index (χ1) is 8.65. The van der Waals surface area contributed by atoms with E-state index in [4.69, 9.17) is 11.6 Å². The molecule has 5 heteroatoms. The van der Waals surface area contributed by atoms with Gasteiger partial charge in [-0.25, -0.2) is 4.98 Å². The zero-order valence-electron chi connectivity index (χ0n) is 9.68. The number of aromatic nitrogens is 1. The molecule has 0 fully saturated rings. The standard InChI is InChI=1S/C13H11ClN2OS/c1-9-8-15-13(18-9)16-12(17)7-6-10-4-2-3-5-11(10)14/h2-8H,1H3,(H,15,16,17). The van der Waals surface area contributed by atoms with Gasteiger partial charge in [0.2, 0.25) is 5.91 Å². The average Bonchev–Trinajstić information content (AvgIpc) is 2.74. The highest BCUT2D eigenvalue weighted by molar-refractivity contribution is 7.15. The average molecular weight is 279 g/mol. The largest absolute Gasteiger partial charge is 0.298 e. The zero-order chi connectivity index (χ0) is 13.0. The van der Waals surface area contributed by atoms with Gasteiger partial charge in [0, 0.05) is 22.2 Å². The van der Waals surface area contributed by atoms with Crippen molar-refractivity contribution in [2.45, 2.75) is 6.92 Å². The van der Waals surface area contributed by atoms with Gasteiger partial charge in [0.05, 0.1) is 0 Å². The van der Waals surface area contributed by atoms with Gasteiger partial charge < -0.3 is 0 Å². The monoisotopic (exact) mass is 278 g/mol. The molecule has 92 valence electrons. The number of halogens is 1. The first-order valence-corrected chi connectivity index (χ1v) is 6.50. The summed E-state index contributed by atoms with van der Waals surface area (Å²) in [6, 6.07) is 7.34. The van der Waals surface area contributed by atoms with Crippen LogP contribution in [0.3, 0.4) is 0 Å². The van der Waals surface area contributed by atoms with Crippen LogP contribution in [0.15, 0.2) is 36.5 Å². The number of anilines is 1. The van der Waals surface area contributed by atoms with Gasteiger partial charge in [0.25, 0.3) is 0 Å². The van der Waals surface area contributed by atoms with Crippen molar-refractivity contribution in [2.24, 2.45) is 0 Å². The summed E-state index contributed by atoms with van der Waals surface area (Å²) >= 11 is 7.42. The maximum atomic E-state index is 11.6. The molecule has 1 heterocycles. The summed E-state index contributed by atoms with van der Waals surface area (Å²) in [5, 5.41) is 3.91. The molecule has 1 aromatic carbocycles. The van der Waals surface area contributed by atoms with Crippen LogP contribution in [0, 0.1) is 6.92 Å². The Kier molecular flexibility index (Phi) is 4.12. The predicted molar refractivity (Wildman–Crippen MR) is 76.0 cm³/mol. The normalized spacial score (nSPS) is 10.8. The van der Waals surface area contributed by atoms with Crippen LogP contribution in [-0.4, -0.2) is 10.9 Å². The van der Waals surface area contributed by atoms with Crippen molar-refractivity contribution in [2.75, 3.05) is 5.32 Å². The minimum atomic E-state index is -0.218. The van der Waals surface area contributed by atoms with E-state index in [1.54, 1.807) is 18.3 Å². The van der Waals surface area contributed by atoms with Crippen molar-refractivity contribution >= 4 is 40.1 Å². The Balaban J connectivity index is 2.01. The molecule has 0 unspecified atom stereocenters. The Morgan fingerprint density at radius 1 is 1.44 bits per heavy atom. The molecule has 0 saturated heterocycles. The van der Waals surface area contributed by atoms with Gasteiger partial charge in [-0.15, -0.1) is 11.3 Å². The fraction of sp³-hybridized carbons (Fsp3) is 0.0769. The molecule has 0 radical (unpaired) electrons. The quantitative estimate of drug-likeness (QED) is 0.869. The SMILES string of the molecule is Cc1cnc(NC(=O)C=Cc2ccccc2Cl)s1. The molecule has 0 aliphatic rings. The lowest BCUT2D eigenvalue weighted by Crippen LogP contribution is -2.07. The molecule has 0 bridgehead atoms. The van der Waals surface area contributed by atoms with Gasteiger partial charge in [-0.2, -0.15) is 0 Å². The predicted octanol–water partition coefficient (Wildman–Crippen LogP) is 3.76. The summed E-state index contributed by atoms with van der Waals surface area (Å²) in [6.07, 6.45) is 4.84. The molecule has 2 aromatic rings. The van der Waals surface area contributed by atoms with Crippen LogP contribution in [0.25, 0.3) is 6.08 Å². The number of amides is 1. The first-order valence-electron chi connectivity index (χ1n) is 5.31. The fourth-order valence-corrected chi connectivity index (χ4v) is 2.20. The molecular formula is C13H11ClN2OS. The maximum absolute atomic E-state index is 11.6. The molecule has 0 aliphatic carbocycles. The number of hydrogen-bond acceptors (Lipinski definition) is 3. The Morgan fingerprint density at radius 3 is 2.89 bits per heavy atom. The lowest BCUT2D eigenvalue weighted by Gasteiger charge is -1.97. The molecular weight excluding hydrogens is 268 g/mol. The van der Waals surface area contributed by atoms with Gasteiger partial charge in [-0.05, 0) is 24.6 Å². The Hall–Kier alpha value is -1.65. The molecule has 0 aliphatic heterocycles. The van der Waals surface area contributed by atoms with Crippen LogP contribution in [0.2, 0.25) is 5.02 Å². The fourth-order valence-electron chi connectivity index (χ4n) is 1.34. The van der Waals surface area contributed by atoms with Gasteiger partial charge in [-0.1, -0.05) is 29.8 Å². The van der Waals surface area contributed by atoms with Crippen molar-refractivity contribution in [1.29, 1.82) is 0 Å². The number of benzene rings is 1. The number of aryl methyl sites for hydroxylation is 1.